The summed E-state index contributed by atoms with van der Waals surface area (Å²) in [6, 6.07) is 2.98. The van der Waals surface area contributed by atoms with E-state index < -0.39 is 16.6 Å². The number of amides is 1. The molecule has 6 heteroatoms. The molecule has 1 fully saturated rings. The number of carbonyl (C=O) groups excluding carboxylic acids is 1. The van der Waals surface area contributed by atoms with Crippen molar-refractivity contribution in [3.05, 3.63) is 39.7 Å². The summed E-state index contributed by atoms with van der Waals surface area (Å²) < 4.78 is 13.2. The molecule has 1 unspecified atom stereocenters. The van der Waals surface area contributed by atoms with Gasteiger partial charge in [0.1, 0.15) is 11.4 Å². The van der Waals surface area contributed by atoms with Crippen LogP contribution in [0.3, 0.4) is 0 Å². The SMILES string of the molecule is CCC1CCN(C(=O)c2cc(F)ccc2[N+](=O)[O-])C1. The molecule has 0 bridgehead atoms. The predicted molar refractivity (Wildman–Crippen MR) is 67.4 cm³/mol. The van der Waals surface area contributed by atoms with Crippen molar-refractivity contribution in [3.63, 3.8) is 0 Å². The van der Waals surface area contributed by atoms with Crippen LogP contribution in [0.4, 0.5) is 10.1 Å². The van der Waals surface area contributed by atoms with Crippen LogP contribution in [0.5, 0.6) is 0 Å². The highest BCUT2D eigenvalue weighted by molar-refractivity contribution is 5.98. The monoisotopic (exact) mass is 266 g/mol. The number of nitro benzene ring substituents is 1. The van der Waals surface area contributed by atoms with Gasteiger partial charge in [0.05, 0.1) is 4.92 Å². The summed E-state index contributed by atoms with van der Waals surface area (Å²) in [5, 5.41) is 10.9. The van der Waals surface area contributed by atoms with E-state index in [0.717, 1.165) is 31.0 Å². The molecule has 1 heterocycles. The highest BCUT2D eigenvalue weighted by atomic mass is 19.1. The van der Waals surface area contributed by atoms with Crippen LogP contribution in [-0.2, 0) is 0 Å². The first kappa shape index (κ1) is 13.5. The summed E-state index contributed by atoms with van der Waals surface area (Å²) in [5.41, 5.74) is -0.506. The Bertz CT molecular complexity index is 519. The summed E-state index contributed by atoms with van der Waals surface area (Å²) in [5.74, 6) is -0.668. The largest absolute Gasteiger partial charge is 0.338 e. The van der Waals surface area contributed by atoms with E-state index in [1.165, 1.54) is 0 Å². The van der Waals surface area contributed by atoms with Crippen molar-refractivity contribution in [1.82, 2.24) is 4.90 Å². The topological polar surface area (TPSA) is 63.5 Å². The molecule has 1 amide bonds. The van der Waals surface area contributed by atoms with Gasteiger partial charge in [-0.2, -0.15) is 0 Å². The summed E-state index contributed by atoms with van der Waals surface area (Å²) in [4.78, 5) is 24.0. The molecule has 19 heavy (non-hydrogen) atoms. The highest BCUT2D eigenvalue weighted by Gasteiger charge is 2.30. The van der Waals surface area contributed by atoms with Crippen molar-refractivity contribution >= 4 is 11.6 Å². The van der Waals surface area contributed by atoms with Crippen molar-refractivity contribution in [2.24, 2.45) is 5.92 Å². The van der Waals surface area contributed by atoms with E-state index in [1.807, 2.05) is 6.92 Å². The van der Waals surface area contributed by atoms with E-state index >= 15 is 0 Å². The molecule has 0 N–H and O–H groups in total. The standard InChI is InChI=1S/C13H15FN2O3/c1-2-9-5-6-15(8-9)13(17)11-7-10(14)3-4-12(11)16(18)19/h3-4,7,9H,2,5-6,8H2,1H3. The number of carbonyl (C=O) groups is 1. The molecule has 0 aliphatic carbocycles. The fourth-order valence-electron chi connectivity index (χ4n) is 2.36. The van der Waals surface area contributed by atoms with Gasteiger partial charge in [0.2, 0.25) is 0 Å². The second kappa shape index (κ2) is 5.34. The van der Waals surface area contributed by atoms with Gasteiger partial charge >= 0.3 is 0 Å². The van der Waals surface area contributed by atoms with Crippen LogP contribution in [0.25, 0.3) is 0 Å². The van der Waals surface area contributed by atoms with Gasteiger partial charge in [0.25, 0.3) is 11.6 Å². The Morgan fingerprint density at radius 1 is 1.58 bits per heavy atom. The highest BCUT2D eigenvalue weighted by Crippen LogP contribution is 2.25. The number of nitro groups is 1. The van der Waals surface area contributed by atoms with Crippen LogP contribution in [0, 0.1) is 21.8 Å². The molecule has 1 aromatic rings. The van der Waals surface area contributed by atoms with Crippen molar-refractivity contribution in [2.75, 3.05) is 13.1 Å². The summed E-state index contributed by atoms with van der Waals surface area (Å²) in [6.07, 6.45) is 1.86. The van der Waals surface area contributed by atoms with Crippen molar-refractivity contribution in [3.8, 4) is 0 Å². The zero-order valence-electron chi connectivity index (χ0n) is 10.6. The van der Waals surface area contributed by atoms with E-state index in [2.05, 4.69) is 0 Å². The van der Waals surface area contributed by atoms with Crippen molar-refractivity contribution in [1.29, 1.82) is 0 Å². The number of rotatable bonds is 3. The zero-order valence-corrected chi connectivity index (χ0v) is 10.6. The van der Waals surface area contributed by atoms with Crippen LogP contribution < -0.4 is 0 Å². The molecule has 0 spiro atoms. The second-order valence-corrected chi connectivity index (χ2v) is 4.73. The van der Waals surface area contributed by atoms with Crippen LogP contribution in [0.15, 0.2) is 18.2 Å². The number of benzene rings is 1. The third-order valence-corrected chi connectivity index (χ3v) is 3.54. The lowest BCUT2D eigenvalue weighted by Crippen LogP contribution is -2.29. The lowest BCUT2D eigenvalue weighted by atomic mass is 10.1. The van der Waals surface area contributed by atoms with Gasteiger partial charge in [-0.25, -0.2) is 4.39 Å². The average molecular weight is 266 g/mol. The summed E-state index contributed by atoms with van der Waals surface area (Å²) in [6.45, 7) is 3.21. The van der Waals surface area contributed by atoms with Gasteiger partial charge in [-0.05, 0) is 24.5 Å². The summed E-state index contributed by atoms with van der Waals surface area (Å²) >= 11 is 0. The lowest BCUT2D eigenvalue weighted by molar-refractivity contribution is -0.385. The van der Waals surface area contributed by atoms with E-state index in [1.54, 1.807) is 4.90 Å². The Kier molecular flexibility index (Phi) is 3.78. The first-order chi connectivity index (χ1) is 9.02. The van der Waals surface area contributed by atoms with Gasteiger partial charge in [-0.15, -0.1) is 0 Å². The third-order valence-electron chi connectivity index (χ3n) is 3.54. The minimum atomic E-state index is -0.653. The average Bonchev–Trinajstić information content (AvgIpc) is 2.86. The van der Waals surface area contributed by atoms with Crippen LogP contribution in [-0.4, -0.2) is 28.8 Å². The van der Waals surface area contributed by atoms with Crippen LogP contribution in [0.2, 0.25) is 0 Å². The fourth-order valence-corrected chi connectivity index (χ4v) is 2.36. The first-order valence-corrected chi connectivity index (χ1v) is 6.26. The van der Waals surface area contributed by atoms with Crippen molar-refractivity contribution < 1.29 is 14.1 Å². The normalized spacial score (nSPS) is 18.6. The Morgan fingerprint density at radius 2 is 2.32 bits per heavy atom. The van der Waals surface area contributed by atoms with Gasteiger partial charge in [0.15, 0.2) is 0 Å². The van der Waals surface area contributed by atoms with Gasteiger partial charge in [-0.3, -0.25) is 14.9 Å². The molecule has 1 aliphatic heterocycles. The Morgan fingerprint density at radius 3 is 2.89 bits per heavy atom. The smallest absolute Gasteiger partial charge is 0.282 e. The number of likely N-dealkylation sites (tertiary alicyclic amines) is 1. The molecular weight excluding hydrogens is 251 g/mol. The van der Waals surface area contributed by atoms with Crippen molar-refractivity contribution in [2.45, 2.75) is 19.8 Å². The maximum atomic E-state index is 13.2. The maximum absolute atomic E-state index is 13.2. The molecule has 1 aliphatic rings. The molecule has 2 rings (SSSR count). The lowest BCUT2D eigenvalue weighted by Gasteiger charge is -2.16. The third kappa shape index (κ3) is 2.72. The molecule has 1 atom stereocenters. The number of hydrogen-bond acceptors (Lipinski definition) is 3. The predicted octanol–water partition coefficient (Wildman–Crippen LogP) is 2.61. The number of hydrogen-bond donors (Lipinski definition) is 0. The van der Waals surface area contributed by atoms with Crippen LogP contribution in [0.1, 0.15) is 30.1 Å². The number of nitrogens with zero attached hydrogens (tertiary/aromatic N) is 2. The van der Waals surface area contributed by atoms with E-state index in [9.17, 15) is 19.3 Å². The van der Waals surface area contributed by atoms with Gasteiger partial charge < -0.3 is 4.90 Å². The zero-order chi connectivity index (χ0) is 14.0. The minimum Gasteiger partial charge on any atom is -0.338 e. The molecule has 1 saturated heterocycles. The molecule has 0 aromatic heterocycles. The molecule has 1 aromatic carbocycles. The van der Waals surface area contributed by atoms with Crippen LogP contribution >= 0.6 is 0 Å². The van der Waals surface area contributed by atoms with Gasteiger partial charge in [0, 0.05) is 19.2 Å². The van der Waals surface area contributed by atoms with E-state index in [0.29, 0.717) is 19.0 Å². The van der Waals surface area contributed by atoms with Gasteiger partial charge in [-0.1, -0.05) is 13.3 Å². The quantitative estimate of drug-likeness (QED) is 0.624. The van der Waals surface area contributed by atoms with E-state index in [4.69, 9.17) is 0 Å². The maximum Gasteiger partial charge on any atom is 0.282 e. The second-order valence-electron chi connectivity index (χ2n) is 4.73. The molecule has 0 saturated carbocycles. The summed E-state index contributed by atoms with van der Waals surface area (Å²) in [7, 11) is 0. The van der Waals surface area contributed by atoms with E-state index in [-0.39, 0.29) is 11.3 Å². The molecular formula is C13H15FN2O3. The minimum absolute atomic E-state index is 0.165. The Balaban J connectivity index is 2.28. The Hall–Kier alpha value is -1.98. The Labute approximate surface area is 110 Å². The first-order valence-electron chi connectivity index (χ1n) is 6.26. The molecule has 102 valence electrons. The fraction of sp³-hybridized carbons (Fsp3) is 0.462. The molecule has 5 nitrogen and oxygen atoms in total. The number of halogens is 1. The molecule has 0 radical (unpaired) electrons.